The van der Waals surface area contributed by atoms with E-state index in [1.165, 1.54) is 5.56 Å². The van der Waals surface area contributed by atoms with Crippen LogP contribution in [0.2, 0.25) is 0 Å². The molecule has 1 aromatic rings. The van der Waals surface area contributed by atoms with Crippen molar-refractivity contribution < 1.29 is 0 Å². The van der Waals surface area contributed by atoms with Gasteiger partial charge in [0.25, 0.3) is 0 Å². The summed E-state index contributed by atoms with van der Waals surface area (Å²) in [5.74, 6) is 0. The predicted octanol–water partition coefficient (Wildman–Crippen LogP) is 2.61. The zero-order chi connectivity index (χ0) is 10.4. The number of hydrogen-bond acceptors (Lipinski definition) is 2. The summed E-state index contributed by atoms with van der Waals surface area (Å²) in [6, 6.07) is 4.07. The van der Waals surface area contributed by atoms with Crippen LogP contribution in [0.3, 0.4) is 0 Å². The minimum absolute atomic E-state index is 0.0000926. The Labute approximate surface area is 93.0 Å². The van der Waals surface area contributed by atoms with Crippen molar-refractivity contribution in [3.8, 4) is 0 Å². The highest BCUT2D eigenvalue weighted by Gasteiger charge is 2.52. The van der Waals surface area contributed by atoms with Crippen molar-refractivity contribution in [3.05, 3.63) is 28.5 Å². The van der Waals surface area contributed by atoms with Gasteiger partial charge in [0, 0.05) is 17.2 Å². The molecule has 2 rings (SSSR count). The van der Waals surface area contributed by atoms with Gasteiger partial charge in [0.15, 0.2) is 0 Å². The molecule has 0 atom stereocenters. The molecule has 0 unspecified atom stereocenters. The molecule has 0 aliphatic heterocycles. The van der Waals surface area contributed by atoms with Gasteiger partial charge in [-0.05, 0) is 40.4 Å². The fourth-order valence-corrected chi connectivity index (χ4v) is 2.63. The first-order valence-electron chi connectivity index (χ1n) is 4.87. The van der Waals surface area contributed by atoms with E-state index < -0.39 is 0 Å². The summed E-state index contributed by atoms with van der Waals surface area (Å²) in [7, 11) is 0. The molecular formula is C11H15BrN2. The predicted molar refractivity (Wildman–Crippen MR) is 61.1 cm³/mol. The summed E-state index contributed by atoms with van der Waals surface area (Å²) in [6.45, 7) is 4.39. The minimum atomic E-state index is -0.0292. The van der Waals surface area contributed by atoms with Gasteiger partial charge < -0.3 is 5.73 Å². The molecule has 1 saturated carbocycles. The average molecular weight is 255 g/mol. The fraction of sp³-hybridized carbons (Fsp3) is 0.545. The standard InChI is InChI=1S/C11H15BrN2/c1-10(2,11(13)5-6-11)8-4-3-7-14-9(8)12/h3-4,7H,5-6,13H2,1-2H3. The molecular weight excluding hydrogens is 240 g/mol. The van der Waals surface area contributed by atoms with Crippen molar-refractivity contribution in [1.82, 2.24) is 4.98 Å². The molecule has 1 fully saturated rings. The normalized spacial score (nSPS) is 19.4. The number of hydrogen-bond donors (Lipinski definition) is 1. The molecule has 0 spiro atoms. The molecule has 0 radical (unpaired) electrons. The molecule has 0 aromatic carbocycles. The first-order chi connectivity index (χ1) is 6.47. The Bertz CT molecular complexity index is 356. The molecule has 1 heterocycles. The van der Waals surface area contributed by atoms with Gasteiger partial charge in [-0.25, -0.2) is 4.98 Å². The largest absolute Gasteiger partial charge is 0.324 e. The summed E-state index contributed by atoms with van der Waals surface area (Å²) in [6.07, 6.45) is 4.02. The Balaban J connectivity index is 2.44. The second kappa shape index (κ2) is 3.04. The first-order valence-corrected chi connectivity index (χ1v) is 5.66. The van der Waals surface area contributed by atoms with Crippen LogP contribution in [0.1, 0.15) is 32.3 Å². The van der Waals surface area contributed by atoms with E-state index in [9.17, 15) is 0 Å². The average Bonchev–Trinajstić information content (AvgIpc) is 2.86. The lowest BCUT2D eigenvalue weighted by Gasteiger charge is -2.32. The Kier molecular flexibility index (Phi) is 2.20. The van der Waals surface area contributed by atoms with Crippen LogP contribution in [0.15, 0.2) is 22.9 Å². The first kappa shape index (κ1) is 10.1. The van der Waals surface area contributed by atoms with Crippen LogP contribution >= 0.6 is 15.9 Å². The highest BCUT2D eigenvalue weighted by Crippen LogP contribution is 2.50. The van der Waals surface area contributed by atoms with Gasteiger partial charge in [0.05, 0.1) is 0 Å². The number of aromatic nitrogens is 1. The lowest BCUT2D eigenvalue weighted by atomic mass is 9.77. The quantitative estimate of drug-likeness (QED) is 0.825. The number of halogens is 1. The molecule has 1 aliphatic carbocycles. The third-order valence-electron chi connectivity index (χ3n) is 3.47. The molecule has 2 nitrogen and oxygen atoms in total. The molecule has 1 aliphatic rings. The highest BCUT2D eigenvalue weighted by molar-refractivity contribution is 9.10. The van der Waals surface area contributed by atoms with E-state index in [0.717, 1.165) is 17.4 Å². The maximum absolute atomic E-state index is 6.28. The number of rotatable bonds is 2. The maximum atomic E-state index is 6.28. The van der Waals surface area contributed by atoms with Crippen LogP contribution in [0.25, 0.3) is 0 Å². The van der Waals surface area contributed by atoms with Crippen molar-refractivity contribution in [1.29, 1.82) is 0 Å². The minimum Gasteiger partial charge on any atom is -0.324 e. The molecule has 1 aromatic heterocycles. The van der Waals surface area contributed by atoms with Crippen LogP contribution in [-0.2, 0) is 5.41 Å². The third kappa shape index (κ3) is 1.39. The van der Waals surface area contributed by atoms with Gasteiger partial charge in [-0.1, -0.05) is 19.9 Å². The summed E-state index contributed by atoms with van der Waals surface area (Å²) >= 11 is 3.49. The maximum Gasteiger partial charge on any atom is 0.109 e. The molecule has 76 valence electrons. The van der Waals surface area contributed by atoms with Crippen LogP contribution < -0.4 is 5.73 Å². The molecule has 0 amide bonds. The van der Waals surface area contributed by atoms with Crippen LogP contribution in [0, 0.1) is 0 Å². The van der Waals surface area contributed by atoms with E-state index in [1.54, 1.807) is 6.20 Å². The molecule has 0 saturated heterocycles. The Morgan fingerprint density at radius 2 is 2.14 bits per heavy atom. The summed E-state index contributed by atoms with van der Waals surface area (Å²) in [5.41, 5.74) is 7.46. The monoisotopic (exact) mass is 254 g/mol. The van der Waals surface area contributed by atoms with Gasteiger partial charge in [-0.2, -0.15) is 0 Å². The SMILES string of the molecule is CC(C)(c1cccnc1Br)C1(N)CC1. The number of nitrogens with zero attached hydrogens (tertiary/aromatic N) is 1. The summed E-state index contributed by atoms with van der Waals surface area (Å²) in [4.78, 5) is 4.25. The molecule has 0 bridgehead atoms. The molecule has 3 heteroatoms. The van der Waals surface area contributed by atoms with E-state index in [-0.39, 0.29) is 11.0 Å². The van der Waals surface area contributed by atoms with Crippen LogP contribution in [-0.4, -0.2) is 10.5 Å². The van der Waals surface area contributed by atoms with Crippen molar-refractivity contribution in [2.75, 3.05) is 0 Å². The van der Waals surface area contributed by atoms with Crippen LogP contribution in [0.5, 0.6) is 0 Å². The number of pyridine rings is 1. The van der Waals surface area contributed by atoms with Crippen LogP contribution in [0.4, 0.5) is 0 Å². The Hall–Kier alpha value is -0.410. The summed E-state index contributed by atoms with van der Waals surface area (Å²) < 4.78 is 0.918. The van der Waals surface area contributed by atoms with Crippen molar-refractivity contribution in [2.24, 2.45) is 5.73 Å². The topological polar surface area (TPSA) is 38.9 Å². The van der Waals surface area contributed by atoms with E-state index in [0.29, 0.717) is 0 Å². The smallest absolute Gasteiger partial charge is 0.109 e. The lowest BCUT2D eigenvalue weighted by Crippen LogP contribution is -2.43. The Morgan fingerprint density at radius 1 is 1.50 bits per heavy atom. The molecule has 14 heavy (non-hydrogen) atoms. The van der Waals surface area contributed by atoms with Gasteiger partial charge >= 0.3 is 0 Å². The van der Waals surface area contributed by atoms with Gasteiger partial charge in [-0.3, -0.25) is 0 Å². The van der Waals surface area contributed by atoms with E-state index in [2.05, 4.69) is 40.8 Å². The van der Waals surface area contributed by atoms with Gasteiger partial charge in [-0.15, -0.1) is 0 Å². The van der Waals surface area contributed by atoms with Gasteiger partial charge in [0.2, 0.25) is 0 Å². The zero-order valence-electron chi connectivity index (χ0n) is 8.55. The van der Waals surface area contributed by atoms with E-state index in [4.69, 9.17) is 5.73 Å². The highest BCUT2D eigenvalue weighted by atomic mass is 79.9. The second-order valence-electron chi connectivity index (χ2n) is 4.62. The fourth-order valence-electron chi connectivity index (χ4n) is 1.88. The number of nitrogens with two attached hydrogens (primary N) is 1. The lowest BCUT2D eigenvalue weighted by molar-refractivity contribution is 0.388. The zero-order valence-corrected chi connectivity index (χ0v) is 10.1. The van der Waals surface area contributed by atoms with Gasteiger partial charge in [0.1, 0.15) is 4.60 Å². The summed E-state index contributed by atoms with van der Waals surface area (Å²) in [5, 5.41) is 0. The van der Waals surface area contributed by atoms with E-state index >= 15 is 0 Å². The molecule has 2 N–H and O–H groups in total. The third-order valence-corrected chi connectivity index (χ3v) is 4.10. The van der Waals surface area contributed by atoms with Crippen molar-refractivity contribution in [2.45, 2.75) is 37.6 Å². The van der Waals surface area contributed by atoms with Crippen molar-refractivity contribution in [3.63, 3.8) is 0 Å². The second-order valence-corrected chi connectivity index (χ2v) is 5.37. The Morgan fingerprint density at radius 3 is 2.64 bits per heavy atom. The van der Waals surface area contributed by atoms with E-state index in [1.807, 2.05) is 6.07 Å². The van der Waals surface area contributed by atoms with Crippen molar-refractivity contribution >= 4 is 15.9 Å².